The van der Waals surface area contributed by atoms with Crippen molar-refractivity contribution in [2.45, 2.75) is 32.2 Å². The molecule has 0 aliphatic heterocycles. The number of anilines is 1. The number of rotatable bonds is 11. The maximum atomic E-state index is 11.5. The molecular weight excluding hydrogens is 367 g/mol. The van der Waals surface area contributed by atoms with Crippen molar-refractivity contribution in [1.29, 1.82) is 0 Å². The van der Waals surface area contributed by atoms with E-state index in [0.29, 0.717) is 19.4 Å². The predicted octanol–water partition coefficient (Wildman–Crippen LogP) is 3.16. The SMILES string of the molecule is COc1ccc(CNc2cccc(CCCCC(=O)CP(=O)(O)O)n2)cc1. The van der Waals surface area contributed by atoms with Gasteiger partial charge in [0.15, 0.2) is 0 Å². The molecule has 0 aliphatic rings. The van der Waals surface area contributed by atoms with Crippen molar-refractivity contribution < 1.29 is 23.9 Å². The summed E-state index contributed by atoms with van der Waals surface area (Å²) < 4.78 is 15.9. The molecule has 0 radical (unpaired) electrons. The van der Waals surface area contributed by atoms with Crippen LogP contribution in [0.25, 0.3) is 0 Å². The Morgan fingerprint density at radius 3 is 2.56 bits per heavy atom. The fourth-order valence-electron chi connectivity index (χ4n) is 2.59. The monoisotopic (exact) mass is 392 g/mol. The summed E-state index contributed by atoms with van der Waals surface area (Å²) in [6, 6.07) is 13.6. The minimum atomic E-state index is -4.25. The summed E-state index contributed by atoms with van der Waals surface area (Å²) in [5, 5.41) is 3.28. The lowest BCUT2D eigenvalue weighted by Crippen LogP contribution is -2.05. The normalized spacial score (nSPS) is 11.2. The second-order valence-electron chi connectivity index (χ2n) is 6.28. The third-order valence-corrected chi connectivity index (χ3v) is 4.72. The number of hydrogen-bond acceptors (Lipinski definition) is 5. The highest BCUT2D eigenvalue weighted by Gasteiger charge is 2.18. The standard InChI is InChI=1S/C19H25N2O5P/c1-26-18-11-9-15(10-12-18)13-20-19-8-4-6-16(21-19)5-2-3-7-17(22)14-27(23,24)25/h4,6,8-12H,2-3,5,7,13-14H2,1H3,(H,20,21)(H2,23,24,25). The second kappa shape index (κ2) is 10.2. The molecule has 7 nitrogen and oxygen atoms in total. The van der Waals surface area contributed by atoms with Crippen molar-refractivity contribution in [3.05, 3.63) is 53.7 Å². The fourth-order valence-corrected chi connectivity index (χ4v) is 3.21. The molecule has 2 rings (SSSR count). The van der Waals surface area contributed by atoms with E-state index in [4.69, 9.17) is 14.5 Å². The Kier molecular flexibility index (Phi) is 7.98. The van der Waals surface area contributed by atoms with Gasteiger partial charge in [-0.1, -0.05) is 18.2 Å². The molecule has 27 heavy (non-hydrogen) atoms. The van der Waals surface area contributed by atoms with Crippen LogP contribution >= 0.6 is 7.60 Å². The van der Waals surface area contributed by atoms with E-state index in [9.17, 15) is 9.36 Å². The molecule has 1 aromatic heterocycles. The fraction of sp³-hybridized carbons (Fsp3) is 0.368. The van der Waals surface area contributed by atoms with Crippen LogP contribution in [-0.2, 0) is 22.3 Å². The molecule has 0 fully saturated rings. The molecule has 2 aromatic rings. The summed E-state index contributed by atoms with van der Waals surface area (Å²) in [5.41, 5.74) is 2.03. The number of Topliss-reactive ketones (excluding diaryl/α,β-unsaturated/α-hetero) is 1. The van der Waals surface area contributed by atoms with E-state index >= 15 is 0 Å². The lowest BCUT2D eigenvalue weighted by molar-refractivity contribution is -0.117. The first-order valence-electron chi connectivity index (χ1n) is 8.75. The van der Waals surface area contributed by atoms with Gasteiger partial charge in [0.2, 0.25) is 0 Å². The Hall–Kier alpha value is -2.21. The summed E-state index contributed by atoms with van der Waals surface area (Å²) in [7, 11) is -2.62. The summed E-state index contributed by atoms with van der Waals surface area (Å²) >= 11 is 0. The third-order valence-electron chi connectivity index (χ3n) is 3.96. The number of aryl methyl sites for hydroxylation is 1. The molecule has 146 valence electrons. The molecule has 0 saturated carbocycles. The maximum absolute atomic E-state index is 11.5. The first kappa shape index (κ1) is 21.1. The van der Waals surface area contributed by atoms with Crippen LogP contribution in [0, 0.1) is 0 Å². The van der Waals surface area contributed by atoms with Crippen molar-refractivity contribution in [1.82, 2.24) is 4.98 Å². The van der Waals surface area contributed by atoms with E-state index in [0.717, 1.165) is 29.2 Å². The Morgan fingerprint density at radius 1 is 1.15 bits per heavy atom. The van der Waals surface area contributed by atoms with Crippen LogP contribution in [0.3, 0.4) is 0 Å². The number of ether oxygens (including phenoxy) is 1. The molecule has 0 amide bonds. The number of ketones is 1. The van der Waals surface area contributed by atoms with Gasteiger partial charge in [-0.15, -0.1) is 0 Å². The van der Waals surface area contributed by atoms with Crippen molar-refractivity contribution >= 4 is 19.2 Å². The lowest BCUT2D eigenvalue weighted by atomic mass is 10.1. The highest BCUT2D eigenvalue weighted by molar-refractivity contribution is 7.52. The molecule has 0 bridgehead atoms. The minimum absolute atomic E-state index is 0.181. The molecule has 1 heterocycles. The van der Waals surface area contributed by atoms with Gasteiger partial charge in [-0.3, -0.25) is 9.36 Å². The first-order valence-corrected chi connectivity index (χ1v) is 10.5. The average Bonchev–Trinajstić information content (AvgIpc) is 2.63. The number of benzene rings is 1. The number of aromatic nitrogens is 1. The van der Waals surface area contributed by atoms with Crippen LogP contribution in [0.1, 0.15) is 30.5 Å². The Morgan fingerprint density at radius 2 is 1.89 bits per heavy atom. The van der Waals surface area contributed by atoms with Crippen molar-refractivity contribution in [2.24, 2.45) is 0 Å². The van der Waals surface area contributed by atoms with Crippen LogP contribution < -0.4 is 10.1 Å². The van der Waals surface area contributed by atoms with E-state index < -0.39 is 19.5 Å². The predicted molar refractivity (Wildman–Crippen MR) is 104 cm³/mol. The molecule has 1 aromatic carbocycles. The number of nitrogens with zero attached hydrogens (tertiary/aromatic N) is 1. The molecule has 3 N–H and O–H groups in total. The van der Waals surface area contributed by atoms with Gasteiger partial charge in [-0.2, -0.15) is 0 Å². The highest BCUT2D eigenvalue weighted by atomic mass is 31.2. The van der Waals surface area contributed by atoms with Crippen molar-refractivity contribution in [2.75, 3.05) is 18.6 Å². The molecule has 0 spiro atoms. The van der Waals surface area contributed by atoms with Crippen molar-refractivity contribution in [3.63, 3.8) is 0 Å². The summed E-state index contributed by atoms with van der Waals surface area (Å²) in [6.07, 6.45) is 1.55. The zero-order chi connectivity index (χ0) is 19.7. The smallest absolute Gasteiger partial charge is 0.332 e. The lowest BCUT2D eigenvalue weighted by Gasteiger charge is -2.08. The number of nitrogens with one attached hydrogen (secondary N) is 1. The van der Waals surface area contributed by atoms with Gasteiger partial charge in [-0.25, -0.2) is 4.98 Å². The molecule has 8 heteroatoms. The highest BCUT2D eigenvalue weighted by Crippen LogP contribution is 2.34. The number of hydrogen-bond donors (Lipinski definition) is 3. The Balaban J connectivity index is 1.75. The number of methoxy groups -OCH3 is 1. The van der Waals surface area contributed by atoms with Crippen LogP contribution in [-0.4, -0.2) is 33.8 Å². The van der Waals surface area contributed by atoms with Crippen LogP contribution in [0.2, 0.25) is 0 Å². The second-order valence-corrected chi connectivity index (χ2v) is 7.93. The Bertz CT molecular complexity index is 789. The van der Waals surface area contributed by atoms with Gasteiger partial charge in [-0.05, 0) is 49.1 Å². The van der Waals surface area contributed by atoms with Crippen LogP contribution in [0.15, 0.2) is 42.5 Å². The van der Waals surface area contributed by atoms with Crippen LogP contribution in [0.5, 0.6) is 5.75 Å². The minimum Gasteiger partial charge on any atom is -0.497 e. The Labute approximate surface area is 159 Å². The van der Waals surface area contributed by atoms with Gasteiger partial charge in [0.05, 0.1) is 7.11 Å². The van der Waals surface area contributed by atoms with E-state index in [-0.39, 0.29) is 6.42 Å². The van der Waals surface area contributed by atoms with E-state index in [1.807, 2.05) is 42.5 Å². The number of carbonyl (C=O) groups excluding carboxylic acids is 1. The summed E-state index contributed by atoms with van der Waals surface area (Å²) in [4.78, 5) is 33.6. The third kappa shape index (κ3) is 8.35. The van der Waals surface area contributed by atoms with E-state index in [1.165, 1.54) is 0 Å². The molecule has 0 saturated heterocycles. The number of carbonyl (C=O) groups is 1. The quantitative estimate of drug-likeness (QED) is 0.398. The topological polar surface area (TPSA) is 109 Å². The van der Waals surface area contributed by atoms with Gasteiger partial charge in [0.25, 0.3) is 0 Å². The molecule has 0 atom stereocenters. The van der Waals surface area contributed by atoms with E-state index in [2.05, 4.69) is 10.3 Å². The van der Waals surface area contributed by atoms with E-state index in [1.54, 1.807) is 7.11 Å². The molecule has 0 unspecified atom stereocenters. The maximum Gasteiger partial charge on any atom is 0.332 e. The van der Waals surface area contributed by atoms with Crippen LogP contribution in [0.4, 0.5) is 5.82 Å². The number of pyridine rings is 1. The average molecular weight is 392 g/mol. The first-order chi connectivity index (χ1) is 12.9. The van der Waals surface area contributed by atoms with Gasteiger partial charge < -0.3 is 19.8 Å². The zero-order valence-corrected chi connectivity index (χ0v) is 16.2. The summed E-state index contributed by atoms with van der Waals surface area (Å²) in [5.74, 6) is 1.20. The zero-order valence-electron chi connectivity index (χ0n) is 15.3. The van der Waals surface area contributed by atoms with Gasteiger partial charge in [0.1, 0.15) is 23.5 Å². The van der Waals surface area contributed by atoms with Gasteiger partial charge in [0, 0.05) is 18.7 Å². The number of unbranched alkanes of at least 4 members (excludes halogenated alkanes) is 1. The molecular formula is C19H25N2O5P. The van der Waals surface area contributed by atoms with Crippen molar-refractivity contribution in [3.8, 4) is 5.75 Å². The van der Waals surface area contributed by atoms with Gasteiger partial charge >= 0.3 is 7.60 Å². The largest absolute Gasteiger partial charge is 0.497 e. The summed E-state index contributed by atoms with van der Waals surface area (Å²) in [6.45, 7) is 0.650. The molecule has 0 aliphatic carbocycles.